The van der Waals surface area contributed by atoms with E-state index in [0.717, 1.165) is 0 Å². The van der Waals surface area contributed by atoms with Crippen LogP contribution in [0.15, 0.2) is 18.2 Å². The van der Waals surface area contributed by atoms with Crippen molar-refractivity contribution in [3.05, 3.63) is 28.2 Å². The molecule has 0 spiro atoms. The van der Waals surface area contributed by atoms with Gasteiger partial charge in [0.2, 0.25) is 0 Å². The monoisotopic (exact) mass is 236 g/mol. The van der Waals surface area contributed by atoms with E-state index in [4.69, 9.17) is 27.9 Å². The van der Waals surface area contributed by atoms with Gasteiger partial charge in [-0.15, -0.1) is 0 Å². The topological polar surface area (TPSA) is 57.1 Å². The summed E-state index contributed by atoms with van der Waals surface area (Å²) >= 11 is 11.6. The first-order valence-corrected chi connectivity index (χ1v) is 4.94. The van der Waals surface area contributed by atoms with Crippen LogP contribution in [0, 0.1) is 0 Å². The molecular formula is C9H12Cl2NO2+. The van der Waals surface area contributed by atoms with Crippen molar-refractivity contribution in [1.29, 1.82) is 0 Å². The van der Waals surface area contributed by atoms with Crippen LogP contribution < -0.4 is 10.5 Å². The second-order valence-corrected chi connectivity index (χ2v) is 3.67. The number of aliphatic hydroxyl groups is 1. The maximum Gasteiger partial charge on any atom is 0.139 e. The third-order valence-electron chi connectivity index (χ3n) is 1.66. The summed E-state index contributed by atoms with van der Waals surface area (Å²) in [6.45, 7) is 0.571. The van der Waals surface area contributed by atoms with Crippen molar-refractivity contribution >= 4 is 23.2 Å². The maximum absolute atomic E-state index is 9.22. The zero-order valence-electron chi connectivity index (χ0n) is 7.54. The molecule has 0 unspecified atom stereocenters. The molecule has 5 heteroatoms. The number of rotatable bonds is 4. The molecule has 0 aliphatic heterocycles. The molecule has 1 aromatic rings. The largest absolute Gasteiger partial charge is 0.489 e. The fraction of sp³-hybridized carbons (Fsp3) is 0.333. The molecule has 1 aromatic carbocycles. The van der Waals surface area contributed by atoms with E-state index in [2.05, 4.69) is 5.73 Å². The summed E-state index contributed by atoms with van der Waals surface area (Å²) in [5, 5.41) is 10.2. The third-order valence-corrected chi connectivity index (χ3v) is 2.21. The molecule has 0 heterocycles. The lowest BCUT2D eigenvalue weighted by Gasteiger charge is -2.10. The lowest BCUT2D eigenvalue weighted by molar-refractivity contribution is -0.384. The quantitative estimate of drug-likeness (QED) is 0.819. The van der Waals surface area contributed by atoms with Gasteiger partial charge >= 0.3 is 0 Å². The average molecular weight is 237 g/mol. The predicted octanol–water partition coefficient (Wildman–Crippen LogP) is 0.975. The second kappa shape index (κ2) is 5.41. The van der Waals surface area contributed by atoms with Gasteiger partial charge in [-0.1, -0.05) is 23.2 Å². The standard InChI is InChI=1S/C9H11Cl2NO2/c10-6-1-2-8(11)9(3-6)14-5-7(13)4-12/h1-3,7,13H,4-5,12H2/p+1/t7-/m1/s1. The normalized spacial score (nSPS) is 12.6. The Morgan fingerprint density at radius 2 is 2.14 bits per heavy atom. The van der Waals surface area contributed by atoms with Crippen LogP contribution in [0.5, 0.6) is 5.75 Å². The van der Waals surface area contributed by atoms with Gasteiger partial charge in [-0.05, 0) is 12.1 Å². The number of quaternary nitrogens is 1. The predicted molar refractivity (Wildman–Crippen MR) is 55.7 cm³/mol. The van der Waals surface area contributed by atoms with Crippen LogP contribution in [0.3, 0.4) is 0 Å². The SMILES string of the molecule is [NH3+]C[C@@H](O)COc1cc(Cl)ccc1Cl. The molecule has 1 atom stereocenters. The van der Waals surface area contributed by atoms with Crippen LogP contribution in [0.4, 0.5) is 0 Å². The van der Waals surface area contributed by atoms with Crippen LogP contribution in [-0.2, 0) is 0 Å². The van der Waals surface area contributed by atoms with E-state index in [1.54, 1.807) is 18.2 Å². The zero-order chi connectivity index (χ0) is 10.6. The van der Waals surface area contributed by atoms with Gasteiger partial charge in [0, 0.05) is 11.1 Å². The minimum Gasteiger partial charge on any atom is -0.489 e. The molecule has 0 fully saturated rings. The molecular weight excluding hydrogens is 225 g/mol. The van der Waals surface area contributed by atoms with Gasteiger partial charge in [0.1, 0.15) is 25.0 Å². The van der Waals surface area contributed by atoms with Gasteiger partial charge in [0.05, 0.1) is 5.02 Å². The van der Waals surface area contributed by atoms with E-state index in [-0.39, 0.29) is 6.61 Å². The van der Waals surface area contributed by atoms with Gasteiger partial charge in [0.25, 0.3) is 0 Å². The Balaban J connectivity index is 2.62. The lowest BCUT2D eigenvalue weighted by Crippen LogP contribution is -2.56. The first kappa shape index (κ1) is 11.6. The summed E-state index contributed by atoms with van der Waals surface area (Å²) in [7, 11) is 0. The summed E-state index contributed by atoms with van der Waals surface area (Å²) in [5.41, 5.74) is 3.55. The van der Waals surface area contributed by atoms with Crippen molar-refractivity contribution in [3.63, 3.8) is 0 Å². The minimum atomic E-state index is -0.579. The van der Waals surface area contributed by atoms with Gasteiger partial charge < -0.3 is 15.6 Å². The van der Waals surface area contributed by atoms with Crippen LogP contribution in [0.2, 0.25) is 10.0 Å². The Morgan fingerprint density at radius 3 is 2.79 bits per heavy atom. The first-order valence-electron chi connectivity index (χ1n) is 4.18. The summed E-state index contributed by atoms with van der Waals surface area (Å²) in [4.78, 5) is 0. The van der Waals surface area contributed by atoms with E-state index in [0.29, 0.717) is 22.3 Å². The molecule has 4 N–H and O–H groups in total. The number of aliphatic hydroxyl groups excluding tert-OH is 1. The Morgan fingerprint density at radius 1 is 1.43 bits per heavy atom. The molecule has 0 radical (unpaired) electrons. The highest BCUT2D eigenvalue weighted by Gasteiger charge is 2.07. The minimum absolute atomic E-state index is 0.170. The van der Waals surface area contributed by atoms with Gasteiger partial charge in [-0.3, -0.25) is 0 Å². The maximum atomic E-state index is 9.22. The molecule has 0 aliphatic rings. The summed E-state index contributed by atoms with van der Waals surface area (Å²) < 4.78 is 5.26. The molecule has 3 nitrogen and oxygen atoms in total. The first-order chi connectivity index (χ1) is 6.63. The summed E-state index contributed by atoms with van der Waals surface area (Å²) in [6, 6.07) is 4.93. The van der Waals surface area contributed by atoms with Crippen molar-refractivity contribution in [2.75, 3.05) is 13.2 Å². The Labute approximate surface area is 92.4 Å². The van der Waals surface area contributed by atoms with Gasteiger partial charge in [-0.25, -0.2) is 0 Å². The highest BCUT2D eigenvalue weighted by Crippen LogP contribution is 2.27. The highest BCUT2D eigenvalue weighted by atomic mass is 35.5. The molecule has 0 bridgehead atoms. The van der Waals surface area contributed by atoms with E-state index in [1.165, 1.54) is 0 Å². The van der Waals surface area contributed by atoms with E-state index in [9.17, 15) is 5.11 Å². The van der Waals surface area contributed by atoms with E-state index in [1.807, 2.05) is 0 Å². The molecule has 0 aliphatic carbocycles. The lowest BCUT2D eigenvalue weighted by atomic mass is 10.3. The molecule has 1 rings (SSSR count). The van der Waals surface area contributed by atoms with Crippen molar-refractivity contribution in [2.45, 2.75) is 6.10 Å². The zero-order valence-corrected chi connectivity index (χ0v) is 9.05. The van der Waals surface area contributed by atoms with E-state index < -0.39 is 6.10 Å². The Bertz CT molecular complexity index is 307. The molecule has 78 valence electrons. The second-order valence-electron chi connectivity index (χ2n) is 2.83. The smallest absolute Gasteiger partial charge is 0.139 e. The van der Waals surface area contributed by atoms with Crippen LogP contribution >= 0.6 is 23.2 Å². The fourth-order valence-corrected chi connectivity index (χ4v) is 1.19. The van der Waals surface area contributed by atoms with E-state index >= 15 is 0 Å². The van der Waals surface area contributed by atoms with Crippen molar-refractivity contribution in [3.8, 4) is 5.75 Å². The fourth-order valence-electron chi connectivity index (χ4n) is 0.857. The Hall–Kier alpha value is -0.480. The van der Waals surface area contributed by atoms with Crippen molar-refractivity contribution < 1.29 is 15.6 Å². The highest BCUT2D eigenvalue weighted by molar-refractivity contribution is 6.34. The van der Waals surface area contributed by atoms with Crippen molar-refractivity contribution in [2.24, 2.45) is 0 Å². The molecule has 14 heavy (non-hydrogen) atoms. The number of ether oxygens (including phenoxy) is 1. The van der Waals surface area contributed by atoms with Crippen molar-refractivity contribution in [1.82, 2.24) is 0 Å². The van der Waals surface area contributed by atoms with Crippen LogP contribution in [-0.4, -0.2) is 24.4 Å². The van der Waals surface area contributed by atoms with Crippen LogP contribution in [0.25, 0.3) is 0 Å². The number of hydrogen-bond acceptors (Lipinski definition) is 2. The number of hydrogen-bond donors (Lipinski definition) is 2. The molecule has 0 saturated heterocycles. The summed E-state index contributed by atoms with van der Waals surface area (Å²) in [6.07, 6.45) is -0.579. The Kier molecular flexibility index (Phi) is 4.48. The van der Waals surface area contributed by atoms with Crippen LogP contribution in [0.1, 0.15) is 0 Å². The number of benzene rings is 1. The van der Waals surface area contributed by atoms with Gasteiger partial charge in [0.15, 0.2) is 0 Å². The summed E-state index contributed by atoms with van der Waals surface area (Å²) in [5.74, 6) is 0.478. The molecule has 0 amide bonds. The third kappa shape index (κ3) is 3.35. The molecule has 0 aromatic heterocycles. The number of halogens is 2. The average Bonchev–Trinajstić information content (AvgIpc) is 2.19. The molecule has 0 saturated carbocycles. The van der Waals surface area contributed by atoms with Gasteiger partial charge in [-0.2, -0.15) is 0 Å².